The van der Waals surface area contributed by atoms with E-state index in [2.05, 4.69) is 21.2 Å². The largest absolute Gasteiger partial charge is 0.460 e. The lowest BCUT2D eigenvalue weighted by Gasteiger charge is -2.38. The Labute approximate surface area is 274 Å². The number of fused-ring (bicyclic) bond motifs is 2. The first-order valence-electron chi connectivity index (χ1n) is 14.9. The number of halogens is 2. The topological polar surface area (TPSA) is 125 Å². The van der Waals surface area contributed by atoms with Crippen LogP contribution in [0.5, 0.6) is 0 Å². The number of carbonyl (C=O) groups is 4. The van der Waals surface area contributed by atoms with Crippen LogP contribution in [-0.2, 0) is 28.7 Å². The summed E-state index contributed by atoms with van der Waals surface area (Å²) in [6, 6.07) is 13.6. The molecule has 12 heteroatoms. The zero-order valence-electron chi connectivity index (χ0n) is 24.5. The number of aliphatic hydroxyl groups excluding tert-OH is 1. The lowest BCUT2D eigenvalue weighted by atomic mass is 9.74. The Morgan fingerprint density at radius 2 is 1.80 bits per heavy atom. The second kappa shape index (κ2) is 12.7. The first-order valence-corrected chi connectivity index (χ1v) is 16.1. The Bertz CT molecular complexity index is 1550. The smallest absolute Gasteiger partial charge is 0.313 e. The van der Waals surface area contributed by atoms with E-state index in [-0.39, 0.29) is 25.4 Å². The zero-order chi connectivity index (χ0) is 31.9. The third-order valence-electron chi connectivity index (χ3n) is 8.86. The van der Waals surface area contributed by atoms with Crippen LogP contribution in [0.15, 0.2) is 77.3 Å². The number of ether oxygens (including phenoxy) is 2. The Morgan fingerprint density at radius 3 is 2.51 bits per heavy atom. The summed E-state index contributed by atoms with van der Waals surface area (Å²) in [4.78, 5) is 58.8. The summed E-state index contributed by atoms with van der Waals surface area (Å²) in [5, 5.41) is 14.0. The highest BCUT2D eigenvalue weighted by molar-refractivity contribution is 9.11. The maximum atomic E-state index is 15.0. The van der Waals surface area contributed by atoms with E-state index >= 15 is 0 Å². The first kappa shape index (κ1) is 31.5. The van der Waals surface area contributed by atoms with Gasteiger partial charge in [0, 0.05) is 28.2 Å². The lowest BCUT2D eigenvalue weighted by molar-refractivity contribution is -0.159. The van der Waals surface area contributed by atoms with Crippen molar-refractivity contribution in [3.05, 3.63) is 87.9 Å². The summed E-state index contributed by atoms with van der Waals surface area (Å²) in [5.41, 5.74) is -0.370. The third-order valence-corrected chi connectivity index (χ3v) is 9.80. The number of hydrogen-bond acceptors (Lipinski definition) is 7. The van der Waals surface area contributed by atoms with Gasteiger partial charge in [-0.15, -0.1) is 0 Å². The van der Waals surface area contributed by atoms with Crippen LogP contribution in [0, 0.1) is 11.8 Å². The van der Waals surface area contributed by atoms with Crippen molar-refractivity contribution in [2.45, 2.75) is 49.7 Å². The standard InChI is InChI=1S/C33H33BrClN3O7/c1-19-17-36-25(40)10-6-3-7-15-37(22-13-11-21(35)12-14-22)31(42)29-33-16-23(34)28(45-33)26(32(43)44-19)27(33)30(41)38(29)24(18-39)20-8-4-2-5-9-20/h2-5,7-9,11-14,16,19,24,26-29,39H,6,10,15,17-18H2,1H3,(H,36,40)/b7-3-/t19-,24+,26+,27-,28+,29+,33-/m0/s1. The van der Waals surface area contributed by atoms with Crippen molar-refractivity contribution in [3.63, 3.8) is 0 Å². The molecular weight excluding hydrogens is 666 g/mol. The van der Waals surface area contributed by atoms with Crippen molar-refractivity contribution >= 4 is 56.9 Å². The molecule has 2 saturated heterocycles. The van der Waals surface area contributed by atoms with E-state index in [1.165, 1.54) is 9.80 Å². The zero-order valence-corrected chi connectivity index (χ0v) is 26.8. The number of rotatable bonds is 4. The van der Waals surface area contributed by atoms with Gasteiger partial charge in [0.05, 0.1) is 25.1 Å². The van der Waals surface area contributed by atoms with Gasteiger partial charge >= 0.3 is 5.97 Å². The van der Waals surface area contributed by atoms with Crippen LogP contribution in [0.3, 0.4) is 0 Å². The fourth-order valence-corrected chi connectivity index (χ4v) is 7.70. The molecule has 3 amide bonds. The molecular formula is C33H33BrClN3O7. The molecule has 1 spiro atoms. The first-order chi connectivity index (χ1) is 21.7. The Hall–Kier alpha value is -3.51. The van der Waals surface area contributed by atoms with Crippen LogP contribution >= 0.6 is 27.5 Å². The van der Waals surface area contributed by atoms with Gasteiger partial charge in [0.2, 0.25) is 11.8 Å². The summed E-state index contributed by atoms with van der Waals surface area (Å²) in [7, 11) is 0. The van der Waals surface area contributed by atoms with Gasteiger partial charge in [0.1, 0.15) is 29.8 Å². The molecule has 0 saturated carbocycles. The average molecular weight is 699 g/mol. The van der Waals surface area contributed by atoms with Crippen LogP contribution in [0.1, 0.15) is 31.4 Å². The molecule has 6 rings (SSSR count). The minimum atomic E-state index is -1.52. The SMILES string of the molecule is C[C@H]1CNC(=O)CC/C=C\CN(c2ccc(Cl)cc2)C(=O)[C@H]2N([C@H](CO)c3ccccc3)C(=O)[C@@H]3[C@@H](C(=O)O1)[C@@H]1O[C@@]32C=C1Br. The number of nitrogens with one attached hydrogen (secondary N) is 1. The molecule has 5 bridgehead atoms. The number of benzene rings is 2. The van der Waals surface area contributed by atoms with Crippen LogP contribution in [-0.4, -0.2) is 77.2 Å². The molecule has 2 N–H and O–H groups in total. The van der Waals surface area contributed by atoms with Crippen molar-refractivity contribution in [3.8, 4) is 0 Å². The van der Waals surface area contributed by atoms with Crippen LogP contribution in [0.2, 0.25) is 5.02 Å². The molecule has 0 aromatic heterocycles. The third kappa shape index (κ3) is 5.60. The van der Waals surface area contributed by atoms with Gasteiger partial charge < -0.3 is 29.7 Å². The van der Waals surface area contributed by atoms with Gasteiger partial charge in [-0.25, -0.2) is 0 Å². The van der Waals surface area contributed by atoms with Crippen molar-refractivity contribution in [1.82, 2.24) is 10.2 Å². The molecule has 4 aliphatic rings. The molecule has 0 aliphatic carbocycles. The van der Waals surface area contributed by atoms with Crippen molar-refractivity contribution in [2.75, 3.05) is 24.6 Å². The minimum absolute atomic E-state index is 0.103. The quantitative estimate of drug-likeness (QED) is 0.369. The van der Waals surface area contributed by atoms with Crippen LogP contribution < -0.4 is 10.2 Å². The fraction of sp³-hybridized carbons (Fsp3) is 0.394. The number of aliphatic hydroxyl groups is 1. The molecule has 2 aromatic carbocycles. The normalized spacial score (nSPS) is 31.7. The average Bonchev–Trinajstić information content (AvgIpc) is 3.62. The van der Waals surface area contributed by atoms with E-state index in [1.807, 2.05) is 12.1 Å². The van der Waals surface area contributed by atoms with Crippen LogP contribution in [0.25, 0.3) is 0 Å². The van der Waals surface area contributed by atoms with E-state index in [4.69, 9.17) is 21.1 Å². The second-order valence-corrected chi connectivity index (χ2v) is 13.0. The van der Waals surface area contributed by atoms with Crippen molar-refractivity contribution < 1.29 is 33.8 Å². The molecule has 2 fully saturated rings. The number of amides is 3. The number of hydrogen-bond donors (Lipinski definition) is 2. The maximum absolute atomic E-state index is 15.0. The molecule has 4 heterocycles. The molecule has 236 valence electrons. The van der Waals surface area contributed by atoms with E-state index in [9.17, 15) is 24.3 Å². The molecule has 0 radical (unpaired) electrons. The molecule has 10 nitrogen and oxygen atoms in total. The Morgan fingerprint density at radius 1 is 1.07 bits per heavy atom. The summed E-state index contributed by atoms with van der Waals surface area (Å²) in [5.74, 6) is -3.99. The number of nitrogens with zero attached hydrogens (tertiary/aromatic N) is 2. The van der Waals surface area contributed by atoms with E-state index < -0.39 is 66.1 Å². The highest BCUT2D eigenvalue weighted by atomic mass is 79.9. The van der Waals surface area contributed by atoms with E-state index in [0.29, 0.717) is 27.2 Å². The van der Waals surface area contributed by atoms with Gasteiger partial charge in [-0.1, -0.05) is 70.0 Å². The number of likely N-dealkylation sites (tertiary alicyclic amines) is 1. The maximum Gasteiger partial charge on any atom is 0.313 e. The van der Waals surface area contributed by atoms with Crippen LogP contribution in [0.4, 0.5) is 5.69 Å². The number of carbonyl (C=O) groups excluding carboxylic acids is 4. The van der Waals surface area contributed by atoms with Gasteiger partial charge in [-0.2, -0.15) is 0 Å². The summed E-state index contributed by atoms with van der Waals surface area (Å²) in [6.45, 7) is 1.42. The van der Waals surface area contributed by atoms with E-state index in [0.717, 1.165) is 0 Å². The number of cyclic esters (lactones) is 1. The highest BCUT2D eigenvalue weighted by Gasteiger charge is 2.75. The number of esters is 1. The second-order valence-electron chi connectivity index (χ2n) is 11.7. The predicted octanol–water partition coefficient (Wildman–Crippen LogP) is 3.68. The predicted molar refractivity (Wildman–Crippen MR) is 169 cm³/mol. The van der Waals surface area contributed by atoms with Gasteiger partial charge in [0.15, 0.2) is 0 Å². The number of anilines is 1. The number of allylic oxidation sites excluding steroid dienone is 1. The summed E-state index contributed by atoms with van der Waals surface area (Å²) in [6.07, 6.45) is 4.45. The summed E-state index contributed by atoms with van der Waals surface area (Å²) >= 11 is 9.73. The van der Waals surface area contributed by atoms with Crippen molar-refractivity contribution in [2.24, 2.45) is 11.8 Å². The Kier molecular flexibility index (Phi) is 8.89. The molecule has 45 heavy (non-hydrogen) atoms. The van der Waals surface area contributed by atoms with Gasteiger partial charge in [-0.05, 0) is 49.2 Å². The minimum Gasteiger partial charge on any atom is -0.460 e. The van der Waals surface area contributed by atoms with Gasteiger partial charge in [0.25, 0.3) is 5.91 Å². The van der Waals surface area contributed by atoms with Crippen molar-refractivity contribution in [1.29, 1.82) is 0 Å². The summed E-state index contributed by atoms with van der Waals surface area (Å²) < 4.78 is 12.8. The van der Waals surface area contributed by atoms with Gasteiger partial charge in [-0.3, -0.25) is 19.2 Å². The fourth-order valence-electron chi connectivity index (χ4n) is 6.84. The lowest BCUT2D eigenvalue weighted by Crippen LogP contribution is -2.57. The highest BCUT2D eigenvalue weighted by Crippen LogP contribution is 2.60. The molecule has 2 aromatic rings. The molecule has 4 aliphatic heterocycles. The molecule has 7 atom stereocenters. The van der Waals surface area contributed by atoms with E-state index in [1.54, 1.807) is 67.6 Å². The molecule has 0 unspecified atom stereocenters. The monoisotopic (exact) mass is 697 g/mol. The Balaban J connectivity index is 1.51.